The Labute approximate surface area is 208 Å². The lowest BCUT2D eigenvalue weighted by Gasteiger charge is -2.26. The quantitative estimate of drug-likeness (QED) is 0.385. The molecule has 8 nitrogen and oxygen atoms in total. The van der Waals surface area contributed by atoms with Crippen LogP contribution in [0.1, 0.15) is 11.7 Å². The van der Waals surface area contributed by atoms with Gasteiger partial charge in [0.1, 0.15) is 24.0 Å². The molecule has 1 aliphatic heterocycles. The number of anilines is 1. The molecule has 0 N–H and O–H groups in total. The normalized spacial score (nSPS) is 16.1. The molecule has 1 unspecified atom stereocenters. The highest BCUT2D eigenvalue weighted by molar-refractivity contribution is 7.99. The van der Waals surface area contributed by atoms with Crippen molar-refractivity contribution < 1.29 is 22.7 Å². The number of fused-ring (bicyclic) bond motifs is 1. The van der Waals surface area contributed by atoms with Crippen LogP contribution >= 0.6 is 11.8 Å². The van der Waals surface area contributed by atoms with Gasteiger partial charge in [0.25, 0.3) is 5.91 Å². The second-order valence-corrected chi connectivity index (χ2v) is 9.29. The van der Waals surface area contributed by atoms with Crippen LogP contribution in [-0.4, -0.2) is 56.0 Å². The molecule has 1 atom stereocenters. The summed E-state index contributed by atoms with van der Waals surface area (Å²) in [4.78, 5) is 19.0. The molecule has 2 aromatic carbocycles. The summed E-state index contributed by atoms with van der Waals surface area (Å²) in [6, 6.07) is 11.1. The van der Waals surface area contributed by atoms with E-state index in [2.05, 4.69) is 15.3 Å². The second kappa shape index (κ2) is 9.34. The number of hydrogen-bond acceptors (Lipinski definition) is 6. The second-order valence-electron chi connectivity index (χ2n) is 8.23. The van der Waals surface area contributed by atoms with Crippen LogP contribution in [0.4, 0.5) is 18.9 Å². The number of aromatic nitrogens is 5. The minimum Gasteiger partial charge on any atom is -0.495 e. The highest BCUT2D eigenvalue weighted by atomic mass is 32.2. The van der Waals surface area contributed by atoms with Gasteiger partial charge < -0.3 is 14.2 Å². The number of thioether (sulfide) groups is 1. The summed E-state index contributed by atoms with van der Waals surface area (Å²) in [5.41, 5.74) is 3.02. The number of benzene rings is 2. The first-order valence-corrected chi connectivity index (χ1v) is 11.9. The van der Waals surface area contributed by atoms with Gasteiger partial charge in [0.05, 0.1) is 36.7 Å². The number of nitrogens with zero attached hydrogens (tertiary/aromatic N) is 6. The van der Waals surface area contributed by atoms with Gasteiger partial charge in [-0.1, -0.05) is 23.4 Å². The van der Waals surface area contributed by atoms with E-state index in [-0.39, 0.29) is 11.4 Å². The number of amides is 1. The first-order chi connectivity index (χ1) is 17.2. The fourth-order valence-electron chi connectivity index (χ4n) is 4.04. The number of hydrogen-bond donors (Lipinski definition) is 0. The molecule has 0 saturated heterocycles. The van der Waals surface area contributed by atoms with Crippen molar-refractivity contribution in [2.75, 3.05) is 24.3 Å². The summed E-state index contributed by atoms with van der Waals surface area (Å²) in [6.07, 6.45) is 0.569. The summed E-state index contributed by atoms with van der Waals surface area (Å²) in [5.74, 6) is 0.104. The van der Waals surface area contributed by atoms with Gasteiger partial charge >= 0.3 is 6.18 Å². The summed E-state index contributed by atoms with van der Waals surface area (Å²) in [6.45, 7) is 0.505. The average molecular weight is 515 g/mol. The van der Waals surface area contributed by atoms with Crippen molar-refractivity contribution in [3.05, 3.63) is 66.9 Å². The molecule has 1 aliphatic rings. The molecule has 12 heteroatoms. The fourth-order valence-corrected chi connectivity index (χ4v) is 5.17. The van der Waals surface area contributed by atoms with Crippen molar-refractivity contribution in [1.29, 1.82) is 0 Å². The fraction of sp³-hybridized carbons (Fsp3) is 0.250. The van der Waals surface area contributed by atoms with Crippen molar-refractivity contribution in [2.24, 2.45) is 0 Å². The highest BCUT2D eigenvalue weighted by Gasteiger charge is 2.39. The van der Waals surface area contributed by atoms with Crippen LogP contribution in [0.5, 0.6) is 5.75 Å². The van der Waals surface area contributed by atoms with Crippen LogP contribution in [0.3, 0.4) is 0 Å². The number of carbonyl (C=O) groups is 1. The third-order valence-electron chi connectivity index (χ3n) is 5.74. The lowest BCUT2D eigenvalue weighted by Crippen LogP contribution is -2.43. The Hall–Kier alpha value is -3.80. The standard InChI is InChI=1S/C24H21F3N6O2S/c1-15-10-31(14-28-15)18-8-7-16(9-21(18)35-2)17-11-33(30-29-17)20-12-36-22-6-4-3-5-19(22)32(23(20)34)13-24(25,26)27/h3-11,14,20H,12-13H2,1-2H3. The highest BCUT2D eigenvalue weighted by Crippen LogP contribution is 2.39. The molecule has 1 amide bonds. The van der Waals surface area contributed by atoms with Gasteiger partial charge in [-0.25, -0.2) is 9.67 Å². The minimum absolute atomic E-state index is 0.218. The van der Waals surface area contributed by atoms with Gasteiger partial charge in [0.15, 0.2) is 0 Å². The maximum atomic E-state index is 13.4. The van der Waals surface area contributed by atoms with E-state index in [1.807, 2.05) is 29.8 Å². The Balaban J connectivity index is 1.46. The lowest BCUT2D eigenvalue weighted by molar-refractivity contribution is -0.134. The lowest BCUT2D eigenvalue weighted by atomic mass is 10.1. The summed E-state index contributed by atoms with van der Waals surface area (Å²) >= 11 is 1.31. The van der Waals surface area contributed by atoms with E-state index >= 15 is 0 Å². The predicted octanol–water partition coefficient (Wildman–Crippen LogP) is 4.69. The molecule has 0 saturated carbocycles. The van der Waals surface area contributed by atoms with Crippen molar-refractivity contribution in [2.45, 2.75) is 24.0 Å². The van der Waals surface area contributed by atoms with Crippen molar-refractivity contribution in [3.63, 3.8) is 0 Å². The number of para-hydroxylation sites is 1. The molecule has 0 fully saturated rings. The number of imidazole rings is 1. The van der Waals surface area contributed by atoms with Gasteiger partial charge in [-0.3, -0.25) is 4.79 Å². The van der Waals surface area contributed by atoms with E-state index < -0.39 is 24.7 Å². The van der Waals surface area contributed by atoms with E-state index in [9.17, 15) is 18.0 Å². The molecule has 4 aromatic rings. The number of methoxy groups -OCH3 is 1. The molecule has 0 bridgehead atoms. The van der Waals surface area contributed by atoms with Crippen molar-refractivity contribution >= 4 is 23.4 Å². The van der Waals surface area contributed by atoms with E-state index in [0.29, 0.717) is 21.9 Å². The van der Waals surface area contributed by atoms with Crippen molar-refractivity contribution in [1.82, 2.24) is 24.5 Å². The maximum Gasteiger partial charge on any atom is 0.406 e. The number of rotatable bonds is 5. The summed E-state index contributed by atoms with van der Waals surface area (Å²) in [5, 5.41) is 8.30. The molecule has 0 radical (unpaired) electrons. The summed E-state index contributed by atoms with van der Waals surface area (Å²) < 4.78 is 48.8. The molecule has 0 spiro atoms. The smallest absolute Gasteiger partial charge is 0.406 e. The van der Waals surface area contributed by atoms with Gasteiger partial charge in [0, 0.05) is 22.4 Å². The zero-order chi connectivity index (χ0) is 25.4. The zero-order valence-corrected chi connectivity index (χ0v) is 20.1. The molecular weight excluding hydrogens is 493 g/mol. The van der Waals surface area contributed by atoms with Crippen LogP contribution in [0.2, 0.25) is 0 Å². The van der Waals surface area contributed by atoms with Crippen LogP contribution in [0, 0.1) is 6.92 Å². The topological polar surface area (TPSA) is 78.1 Å². The zero-order valence-electron chi connectivity index (χ0n) is 19.3. The first-order valence-electron chi connectivity index (χ1n) is 10.9. The number of aryl methyl sites for hydroxylation is 1. The largest absolute Gasteiger partial charge is 0.495 e. The van der Waals surface area contributed by atoms with E-state index in [1.54, 1.807) is 43.9 Å². The monoisotopic (exact) mass is 514 g/mol. The van der Waals surface area contributed by atoms with E-state index in [1.165, 1.54) is 22.5 Å². The van der Waals surface area contributed by atoms with Gasteiger partial charge in [-0.2, -0.15) is 13.2 Å². The Morgan fingerprint density at radius 1 is 1.14 bits per heavy atom. The van der Waals surface area contributed by atoms with Crippen LogP contribution in [-0.2, 0) is 4.79 Å². The van der Waals surface area contributed by atoms with Gasteiger partial charge in [0.2, 0.25) is 0 Å². The van der Waals surface area contributed by atoms with Crippen LogP contribution < -0.4 is 9.64 Å². The number of carbonyl (C=O) groups excluding carboxylic acids is 1. The minimum atomic E-state index is -4.55. The molecule has 5 rings (SSSR count). The summed E-state index contributed by atoms with van der Waals surface area (Å²) in [7, 11) is 1.55. The Morgan fingerprint density at radius 2 is 1.94 bits per heavy atom. The SMILES string of the molecule is COc1cc(-c2cn(C3CSc4ccccc4N(CC(F)(F)F)C3=O)nn2)ccc1-n1cnc(C)c1. The number of ether oxygens (including phenoxy) is 1. The first kappa shape index (κ1) is 23.9. The maximum absolute atomic E-state index is 13.4. The number of alkyl halides is 3. The van der Waals surface area contributed by atoms with E-state index in [4.69, 9.17) is 4.74 Å². The van der Waals surface area contributed by atoms with Crippen LogP contribution in [0.15, 0.2) is 66.1 Å². The predicted molar refractivity (Wildman–Crippen MR) is 128 cm³/mol. The number of halogens is 3. The van der Waals surface area contributed by atoms with Crippen LogP contribution in [0.25, 0.3) is 16.9 Å². The molecular formula is C24H21F3N6O2S. The Kier molecular flexibility index (Phi) is 6.20. The molecule has 0 aliphatic carbocycles. The van der Waals surface area contributed by atoms with Gasteiger partial charge in [-0.15, -0.1) is 16.9 Å². The Bertz CT molecular complexity index is 1420. The van der Waals surface area contributed by atoms with Crippen molar-refractivity contribution in [3.8, 4) is 22.7 Å². The van der Waals surface area contributed by atoms with Gasteiger partial charge in [-0.05, 0) is 31.2 Å². The molecule has 3 heterocycles. The average Bonchev–Trinajstić information content (AvgIpc) is 3.49. The molecule has 186 valence electrons. The third kappa shape index (κ3) is 4.68. The Morgan fingerprint density at radius 3 is 2.67 bits per heavy atom. The van der Waals surface area contributed by atoms with E-state index in [0.717, 1.165) is 16.3 Å². The molecule has 2 aromatic heterocycles. The molecule has 36 heavy (non-hydrogen) atoms. The third-order valence-corrected chi connectivity index (χ3v) is 6.87.